The van der Waals surface area contributed by atoms with Crippen LogP contribution in [0, 0.1) is 5.41 Å². The van der Waals surface area contributed by atoms with E-state index in [4.69, 9.17) is 18.0 Å². The molecule has 0 saturated carbocycles. The van der Waals surface area contributed by atoms with Gasteiger partial charge < -0.3 is 16.0 Å². The fraction of sp³-hybridized carbons (Fsp3) is 0.833. The molecule has 98 valence electrons. The van der Waals surface area contributed by atoms with Crippen molar-refractivity contribution < 1.29 is 4.79 Å². The van der Waals surface area contributed by atoms with Crippen molar-refractivity contribution in [3.8, 4) is 0 Å². The lowest BCUT2D eigenvalue weighted by Gasteiger charge is -2.26. The van der Waals surface area contributed by atoms with E-state index in [9.17, 15) is 4.79 Å². The van der Waals surface area contributed by atoms with Gasteiger partial charge in [0.2, 0.25) is 5.91 Å². The van der Waals surface area contributed by atoms with Crippen LogP contribution in [0.5, 0.6) is 0 Å². The summed E-state index contributed by atoms with van der Waals surface area (Å²) in [5, 5.41) is 2.96. The van der Waals surface area contributed by atoms with E-state index in [1.165, 1.54) is 0 Å². The number of nitrogens with zero attached hydrogens (tertiary/aromatic N) is 1. The van der Waals surface area contributed by atoms with Gasteiger partial charge in [-0.15, -0.1) is 0 Å². The number of nitrogens with one attached hydrogen (secondary N) is 1. The Kier molecular flexibility index (Phi) is 4.89. The number of carbonyl (C=O) groups is 1. The molecule has 1 aliphatic rings. The van der Waals surface area contributed by atoms with Crippen LogP contribution in [-0.4, -0.2) is 41.5 Å². The standard InChI is InChI=1S/C12H23N3OS/c1-9(16)14-10-4-6-15(8-10)7-5-12(2,3)11(13)17/h10H,4-8H2,1-3H3,(H2,13,17)(H,14,16). The number of likely N-dealkylation sites (tertiary alicyclic amines) is 1. The SMILES string of the molecule is CC(=O)NC1CCN(CCC(C)(C)C(N)=S)C1. The van der Waals surface area contributed by atoms with Gasteiger partial charge in [0.25, 0.3) is 0 Å². The van der Waals surface area contributed by atoms with Gasteiger partial charge in [-0.3, -0.25) is 4.79 Å². The first kappa shape index (κ1) is 14.4. The second kappa shape index (κ2) is 5.78. The molecule has 1 rings (SSSR count). The maximum Gasteiger partial charge on any atom is 0.217 e. The van der Waals surface area contributed by atoms with Crippen LogP contribution in [0.4, 0.5) is 0 Å². The van der Waals surface area contributed by atoms with E-state index >= 15 is 0 Å². The van der Waals surface area contributed by atoms with Crippen molar-refractivity contribution in [2.24, 2.45) is 11.1 Å². The molecule has 1 fully saturated rings. The third-order valence-electron chi connectivity index (χ3n) is 3.40. The fourth-order valence-electron chi connectivity index (χ4n) is 2.00. The minimum absolute atomic E-state index is 0.0558. The predicted molar refractivity (Wildman–Crippen MR) is 73.8 cm³/mol. The molecule has 0 aliphatic carbocycles. The first-order valence-electron chi connectivity index (χ1n) is 6.10. The van der Waals surface area contributed by atoms with Crippen molar-refractivity contribution in [1.29, 1.82) is 0 Å². The third-order valence-corrected chi connectivity index (χ3v) is 3.95. The molecule has 3 N–H and O–H groups in total. The fourth-order valence-corrected chi connectivity index (χ4v) is 2.10. The van der Waals surface area contributed by atoms with E-state index in [1.54, 1.807) is 6.92 Å². The molecule has 17 heavy (non-hydrogen) atoms. The zero-order chi connectivity index (χ0) is 13.1. The average Bonchev–Trinajstić information content (AvgIpc) is 2.61. The Bertz CT molecular complexity index is 304. The molecule has 1 saturated heterocycles. The number of hydrogen-bond acceptors (Lipinski definition) is 3. The van der Waals surface area contributed by atoms with Gasteiger partial charge in [0, 0.05) is 31.5 Å². The molecule has 1 atom stereocenters. The second-order valence-electron chi connectivity index (χ2n) is 5.48. The molecule has 0 aromatic carbocycles. The summed E-state index contributed by atoms with van der Waals surface area (Å²) < 4.78 is 0. The summed E-state index contributed by atoms with van der Waals surface area (Å²) in [6, 6.07) is 0.306. The highest BCUT2D eigenvalue weighted by atomic mass is 32.1. The van der Waals surface area contributed by atoms with Crippen LogP contribution in [-0.2, 0) is 4.79 Å². The van der Waals surface area contributed by atoms with Crippen LogP contribution < -0.4 is 11.1 Å². The maximum absolute atomic E-state index is 10.9. The summed E-state index contributed by atoms with van der Waals surface area (Å²) in [4.78, 5) is 13.9. The lowest BCUT2D eigenvalue weighted by molar-refractivity contribution is -0.119. The Morgan fingerprint density at radius 1 is 1.59 bits per heavy atom. The molecular formula is C12H23N3OS. The number of hydrogen-bond donors (Lipinski definition) is 2. The van der Waals surface area contributed by atoms with Crippen molar-refractivity contribution in [1.82, 2.24) is 10.2 Å². The summed E-state index contributed by atoms with van der Waals surface area (Å²) in [7, 11) is 0. The first-order chi connectivity index (χ1) is 7.81. The zero-order valence-corrected chi connectivity index (χ0v) is 11.8. The van der Waals surface area contributed by atoms with Gasteiger partial charge in [-0.25, -0.2) is 0 Å². The van der Waals surface area contributed by atoms with Gasteiger partial charge in [-0.1, -0.05) is 26.1 Å². The van der Waals surface area contributed by atoms with Crippen LogP contribution in [0.3, 0.4) is 0 Å². The number of nitrogens with two attached hydrogens (primary N) is 1. The van der Waals surface area contributed by atoms with Crippen molar-refractivity contribution in [2.45, 2.75) is 39.7 Å². The molecule has 0 aromatic rings. The molecule has 5 heteroatoms. The number of amides is 1. The number of carbonyl (C=O) groups excluding carboxylic acids is 1. The van der Waals surface area contributed by atoms with Crippen LogP contribution in [0.15, 0.2) is 0 Å². The highest BCUT2D eigenvalue weighted by Gasteiger charge is 2.26. The Balaban J connectivity index is 2.31. The quantitative estimate of drug-likeness (QED) is 0.719. The summed E-state index contributed by atoms with van der Waals surface area (Å²) in [6.45, 7) is 8.69. The Hall–Kier alpha value is -0.680. The lowest BCUT2D eigenvalue weighted by atomic mass is 9.89. The van der Waals surface area contributed by atoms with Crippen LogP contribution in [0.25, 0.3) is 0 Å². The zero-order valence-electron chi connectivity index (χ0n) is 11.0. The molecule has 4 nitrogen and oxygen atoms in total. The smallest absolute Gasteiger partial charge is 0.217 e. The molecule has 1 aliphatic heterocycles. The summed E-state index contributed by atoms with van der Waals surface area (Å²) in [5.74, 6) is 0.0558. The molecule has 1 unspecified atom stereocenters. The van der Waals surface area contributed by atoms with Crippen molar-refractivity contribution >= 4 is 23.1 Å². The largest absolute Gasteiger partial charge is 0.393 e. The second-order valence-corrected chi connectivity index (χ2v) is 5.92. The van der Waals surface area contributed by atoms with Crippen molar-refractivity contribution in [3.63, 3.8) is 0 Å². The van der Waals surface area contributed by atoms with Gasteiger partial charge in [-0.05, 0) is 19.4 Å². The maximum atomic E-state index is 10.9. The van der Waals surface area contributed by atoms with Crippen LogP contribution >= 0.6 is 12.2 Å². The summed E-state index contributed by atoms with van der Waals surface area (Å²) in [6.07, 6.45) is 2.00. The van der Waals surface area contributed by atoms with Gasteiger partial charge in [-0.2, -0.15) is 0 Å². The van der Waals surface area contributed by atoms with Gasteiger partial charge in [0.1, 0.15) is 0 Å². The molecule has 0 aromatic heterocycles. The third kappa shape index (κ3) is 4.60. The van der Waals surface area contributed by atoms with E-state index in [0.717, 1.165) is 32.5 Å². The lowest BCUT2D eigenvalue weighted by Crippen LogP contribution is -2.37. The Labute approximate surface area is 109 Å². The summed E-state index contributed by atoms with van der Waals surface area (Å²) in [5.41, 5.74) is 5.62. The first-order valence-corrected chi connectivity index (χ1v) is 6.51. The van der Waals surface area contributed by atoms with Crippen LogP contribution in [0.2, 0.25) is 0 Å². The van der Waals surface area contributed by atoms with E-state index < -0.39 is 0 Å². The number of thiocarbonyl (C=S) groups is 1. The normalized spacial score (nSPS) is 21.5. The Morgan fingerprint density at radius 3 is 2.76 bits per heavy atom. The van der Waals surface area contributed by atoms with Crippen LogP contribution in [0.1, 0.15) is 33.6 Å². The molecule has 0 radical (unpaired) electrons. The van der Waals surface area contributed by atoms with Crippen molar-refractivity contribution in [2.75, 3.05) is 19.6 Å². The highest BCUT2D eigenvalue weighted by molar-refractivity contribution is 7.80. The molecule has 1 amide bonds. The highest BCUT2D eigenvalue weighted by Crippen LogP contribution is 2.22. The van der Waals surface area contributed by atoms with E-state index in [-0.39, 0.29) is 11.3 Å². The molecule has 0 bridgehead atoms. The monoisotopic (exact) mass is 257 g/mol. The predicted octanol–water partition coefficient (Wildman–Crippen LogP) is 0.899. The Morgan fingerprint density at radius 2 is 2.24 bits per heavy atom. The molecule has 1 heterocycles. The molecular weight excluding hydrogens is 234 g/mol. The topological polar surface area (TPSA) is 58.4 Å². The van der Waals surface area contributed by atoms with Crippen molar-refractivity contribution in [3.05, 3.63) is 0 Å². The average molecular weight is 257 g/mol. The minimum Gasteiger partial charge on any atom is -0.393 e. The minimum atomic E-state index is -0.0819. The number of rotatable bonds is 5. The van der Waals surface area contributed by atoms with E-state index in [1.807, 2.05) is 0 Å². The van der Waals surface area contributed by atoms with Gasteiger partial charge in [0.05, 0.1) is 4.99 Å². The van der Waals surface area contributed by atoms with Gasteiger partial charge >= 0.3 is 0 Å². The van der Waals surface area contributed by atoms with E-state index in [2.05, 4.69) is 24.1 Å². The van der Waals surface area contributed by atoms with Gasteiger partial charge in [0.15, 0.2) is 0 Å². The summed E-state index contributed by atoms with van der Waals surface area (Å²) >= 11 is 5.05. The van der Waals surface area contributed by atoms with E-state index in [0.29, 0.717) is 11.0 Å². The molecule has 0 spiro atoms.